The molecule has 0 saturated heterocycles. The standard InChI is InChI=1S/C10H15NO/c1-5-6-9(3)12-10(4)7-8(2)11/h5-7H,2-3,11H2,1,4H3/b6-5-,10-7+. The van der Waals surface area contributed by atoms with Gasteiger partial charge in [-0.2, -0.15) is 0 Å². The molecule has 2 heteroatoms. The second kappa shape index (κ2) is 5.24. The van der Waals surface area contributed by atoms with E-state index in [4.69, 9.17) is 10.5 Å². The van der Waals surface area contributed by atoms with Crippen molar-refractivity contribution < 1.29 is 4.74 Å². The summed E-state index contributed by atoms with van der Waals surface area (Å²) in [7, 11) is 0. The first-order valence-electron chi connectivity index (χ1n) is 3.68. The molecule has 0 bridgehead atoms. The SMILES string of the molecule is C=C(N)/C=C(\C)OC(=C)/C=C\C. The molecular weight excluding hydrogens is 150 g/mol. The highest BCUT2D eigenvalue weighted by Gasteiger charge is 1.91. The Morgan fingerprint density at radius 3 is 2.42 bits per heavy atom. The van der Waals surface area contributed by atoms with Gasteiger partial charge < -0.3 is 10.5 Å². The van der Waals surface area contributed by atoms with Crippen LogP contribution >= 0.6 is 0 Å². The van der Waals surface area contributed by atoms with E-state index in [2.05, 4.69) is 13.2 Å². The third kappa shape index (κ3) is 5.35. The number of nitrogens with two attached hydrogens (primary N) is 1. The second-order valence-electron chi connectivity index (χ2n) is 2.40. The number of ether oxygens (including phenoxy) is 1. The van der Waals surface area contributed by atoms with E-state index in [0.29, 0.717) is 17.2 Å². The van der Waals surface area contributed by atoms with Crippen LogP contribution in [0.25, 0.3) is 0 Å². The van der Waals surface area contributed by atoms with Crippen molar-refractivity contribution in [1.29, 1.82) is 0 Å². The molecule has 0 aliphatic heterocycles. The molecule has 2 nitrogen and oxygen atoms in total. The molecule has 0 radical (unpaired) electrons. The lowest BCUT2D eigenvalue weighted by molar-refractivity contribution is 0.324. The first-order valence-corrected chi connectivity index (χ1v) is 3.68. The summed E-state index contributed by atoms with van der Waals surface area (Å²) < 4.78 is 5.24. The first-order chi connectivity index (χ1) is 5.56. The van der Waals surface area contributed by atoms with Gasteiger partial charge in [-0.05, 0) is 26.0 Å². The number of allylic oxidation sites excluding steroid dienone is 4. The van der Waals surface area contributed by atoms with Crippen molar-refractivity contribution in [3.63, 3.8) is 0 Å². The Hall–Kier alpha value is -1.44. The van der Waals surface area contributed by atoms with Gasteiger partial charge in [0.1, 0.15) is 11.5 Å². The monoisotopic (exact) mass is 165 g/mol. The number of hydrogen-bond donors (Lipinski definition) is 1. The van der Waals surface area contributed by atoms with E-state index >= 15 is 0 Å². The van der Waals surface area contributed by atoms with Gasteiger partial charge in [-0.15, -0.1) is 0 Å². The van der Waals surface area contributed by atoms with Crippen molar-refractivity contribution >= 4 is 0 Å². The van der Waals surface area contributed by atoms with Crippen LogP contribution in [0.1, 0.15) is 13.8 Å². The van der Waals surface area contributed by atoms with Gasteiger partial charge in [0.2, 0.25) is 0 Å². The molecular formula is C10H15NO. The molecule has 0 amide bonds. The maximum absolute atomic E-state index is 5.34. The minimum Gasteiger partial charge on any atom is -0.463 e. The molecule has 0 aromatic carbocycles. The van der Waals surface area contributed by atoms with Crippen LogP contribution in [-0.2, 0) is 4.74 Å². The highest BCUT2D eigenvalue weighted by atomic mass is 16.5. The van der Waals surface area contributed by atoms with Gasteiger partial charge in [0.05, 0.1) is 0 Å². The summed E-state index contributed by atoms with van der Waals surface area (Å²) in [6.07, 6.45) is 5.28. The van der Waals surface area contributed by atoms with Gasteiger partial charge >= 0.3 is 0 Å². The van der Waals surface area contributed by atoms with Crippen LogP contribution < -0.4 is 5.73 Å². The molecule has 0 rings (SSSR count). The van der Waals surface area contributed by atoms with Crippen LogP contribution in [0, 0.1) is 0 Å². The maximum Gasteiger partial charge on any atom is 0.119 e. The third-order valence-electron chi connectivity index (χ3n) is 1.03. The smallest absolute Gasteiger partial charge is 0.119 e. The zero-order valence-corrected chi connectivity index (χ0v) is 7.63. The van der Waals surface area contributed by atoms with Crippen LogP contribution in [0.5, 0.6) is 0 Å². The number of hydrogen-bond acceptors (Lipinski definition) is 2. The highest BCUT2D eigenvalue weighted by Crippen LogP contribution is 2.05. The van der Waals surface area contributed by atoms with Crippen LogP contribution in [-0.4, -0.2) is 0 Å². The summed E-state index contributed by atoms with van der Waals surface area (Å²) >= 11 is 0. The Balaban J connectivity index is 4.09. The lowest BCUT2D eigenvalue weighted by atomic mass is 10.4. The highest BCUT2D eigenvalue weighted by molar-refractivity contribution is 5.16. The summed E-state index contributed by atoms with van der Waals surface area (Å²) in [6, 6.07) is 0. The van der Waals surface area contributed by atoms with E-state index in [-0.39, 0.29) is 0 Å². The second-order valence-corrected chi connectivity index (χ2v) is 2.40. The largest absolute Gasteiger partial charge is 0.463 e. The van der Waals surface area contributed by atoms with Crippen molar-refractivity contribution in [2.45, 2.75) is 13.8 Å². The van der Waals surface area contributed by atoms with Gasteiger partial charge in [0.25, 0.3) is 0 Å². The molecule has 0 spiro atoms. The molecule has 0 aromatic rings. The number of rotatable bonds is 4. The minimum absolute atomic E-state index is 0.473. The summed E-state index contributed by atoms with van der Waals surface area (Å²) in [5, 5.41) is 0. The average Bonchev–Trinajstić information content (AvgIpc) is 1.84. The molecule has 0 atom stereocenters. The van der Waals surface area contributed by atoms with Crippen molar-refractivity contribution in [3.05, 3.63) is 48.6 Å². The molecule has 0 aliphatic rings. The summed E-state index contributed by atoms with van der Waals surface area (Å²) in [5.41, 5.74) is 5.82. The first kappa shape index (κ1) is 10.6. The van der Waals surface area contributed by atoms with E-state index in [0.717, 1.165) is 0 Å². The Kier molecular flexibility index (Phi) is 4.61. The lowest BCUT2D eigenvalue weighted by Crippen LogP contribution is -1.93. The van der Waals surface area contributed by atoms with Gasteiger partial charge in [-0.1, -0.05) is 19.2 Å². The van der Waals surface area contributed by atoms with Gasteiger partial charge in [0, 0.05) is 5.70 Å². The van der Waals surface area contributed by atoms with Gasteiger partial charge in [-0.3, -0.25) is 0 Å². The lowest BCUT2D eigenvalue weighted by Gasteiger charge is -2.04. The zero-order chi connectivity index (χ0) is 9.56. The summed E-state index contributed by atoms with van der Waals surface area (Å²) in [5.74, 6) is 1.28. The topological polar surface area (TPSA) is 35.2 Å². The van der Waals surface area contributed by atoms with E-state index in [1.807, 2.05) is 13.0 Å². The van der Waals surface area contributed by atoms with Crippen molar-refractivity contribution in [1.82, 2.24) is 0 Å². The van der Waals surface area contributed by atoms with Crippen molar-refractivity contribution in [2.75, 3.05) is 0 Å². The molecule has 0 heterocycles. The Morgan fingerprint density at radius 1 is 1.42 bits per heavy atom. The van der Waals surface area contributed by atoms with Crippen LogP contribution in [0.4, 0.5) is 0 Å². The fraction of sp³-hybridized carbons (Fsp3) is 0.200. The molecule has 0 unspecified atom stereocenters. The van der Waals surface area contributed by atoms with E-state index in [9.17, 15) is 0 Å². The third-order valence-corrected chi connectivity index (χ3v) is 1.03. The van der Waals surface area contributed by atoms with E-state index in [1.54, 1.807) is 19.1 Å². The van der Waals surface area contributed by atoms with Crippen LogP contribution in [0.15, 0.2) is 48.6 Å². The molecule has 2 N–H and O–H groups in total. The Morgan fingerprint density at radius 2 is 2.00 bits per heavy atom. The maximum atomic E-state index is 5.34. The van der Waals surface area contributed by atoms with Crippen molar-refractivity contribution in [3.8, 4) is 0 Å². The minimum atomic E-state index is 0.473. The predicted molar refractivity (Wildman–Crippen MR) is 52.1 cm³/mol. The molecule has 0 aliphatic carbocycles. The quantitative estimate of drug-likeness (QED) is 0.513. The fourth-order valence-electron chi connectivity index (χ4n) is 0.717. The van der Waals surface area contributed by atoms with Crippen molar-refractivity contribution in [2.24, 2.45) is 5.73 Å². The van der Waals surface area contributed by atoms with Crippen LogP contribution in [0.2, 0.25) is 0 Å². The summed E-state index contributed by atoms with van der Waals surface area (Å²) in [4.78, 5) is 0. The van der Waals surface area contributed by atoms with E-state index in [1.165, 1.54) is 0 Å². The average molecular weight is 165 g/mol. The van der Waals surface area contributed by atoms with Gasteiger partial charge in [-0.25, -0.2) is 0 Å². The zero-order valence-electron chi connectivity index (χ0n) is 7.63. The Labute approximate surface area is 73.7 Å². The molecule has 0 aromatic heterocycles. The van der Waals surface area contributed by atoms with Crippen LogP contribution in [0.3, 0.4) is 0 Å². The predicted octanol–water partition coefficient (Wildman–Crippen LogP) is 2.47. The van der Waals surface area contributed by atoms with E-state index < -0.39 is 0 Å². The Bertz CT molecular complexity index is 236. The normalized spacial score (nSPS) is 11.7. The fourth-order valence-corrected chi connectivity index (χ4v) is 0.717. The molecule has 0 fully saturated rings. The summed E-state index contributed by atoms with van der Waals surface area (Å²) in [6.45, 7) is 10.9. The van der Waals surface area contributed by atoms with Gasteiger partial charge in [0.15, 0.2) is 0 Å². The molecule has 12 heavy (non-hydrogen) atoms. The molecule has 0 saturated carbocycles. The molecule has 66 valence electrons.